The Kier molecular flexibility index (Phi) is 11.6. The lowest BCUT2D eigenvalue weighted by atomic mass is 9.93. The van der Waals surface area contributed by atoms with Crippen molar-refractivity contribution in [2.45, 2.75) is 46.6 Å². The summed E-state index contributed by atoms with van der Waals surface area (Å²) in [4.78, 5) is 61.5. The summed E-state index contributed by atoms with van der Waals surface area (Å²) in [7, 11) is 2.81. The van der Waals surface area contributed by atoms with Crippen molar-refractivity contribution in [2.24, 2.45) is 5.92 Å². The van der Waals surface area contributed by atoms with Crippen molar-refractivity contribution in [3.63, 3.8) is 0 Å². The van der Waals surface area contributed by atoms with Crippen LogP contribution in [0.3, 0.4) is 0 Å². The summed E-state index contributed by atoms with van der Waals surface area (Å²) in [6, 6.07) is 9.33. The summed E-state index contributed by atoms with van der Waals surface area (Å²) < 4.78 is 26.0. The van der Waals surface area contributed by atoms with Gasteiger partial charge in [0.1, 0.15) is 5.60 Å². The fourth-order valence-corrected chi connectivity index (χ4v) is 3.53. The first-order valence-electron chi connectivity index (χ1n) is 12.6. The molecule has 2 rings (SSSR count). The van der Waals surface area contributed by atoms with Gasteiger partial charge >= 0.3 is 17.9 Å². The van der Waals surface area contributed by atoms with Crippen molar-refractivity contribution in [3.05, 3.63) is 59.7 Å². The van der Waals surface area contributed by atoms with Crippen LogP contribution in [0.15, 0.2) is 48.6 Å². The van der Waals surface area contributed by atoms with E-state index in [1.807, 2.05) is 0 Å². The third kappa shape index (κ3) is 10.7. The number of rotatable bonds is 12. The van der Waals surface area contributed by atoms with Crippen molar-refractivity contribution in [1.82, 2.24) is 0 Å². The Balaban J connectivity index is 2.32. The van der Waals surface area contributed by atoms with Crippen molar-refractivity contribution >= 4 is 41.6 Å². The summed E-state index contributed by atoms with van der Waals surface area (Å²) >= 11 is 0. The fraction of sp³-hybridized carbons (Fsp3) is 0.323. The highest BCUT2D eigenvalue weighted by molar-refractivity contribution is 6.15. The maximum absolute atomic E-state index is 13.2. The predicted octanol–water partition coefficient (Wildman–Crippen LogP) is 4.77. The monoisotopic (exact) mass is 566 g/mol. The van der Waals surface area contributed by atoms with Gasteiger partial charge in [-0.3, -0.25) is 24.0 Å². The van der Waals surface area contributed by atoms with Crippen LogP contribution in [-0.2, 0) is 28.7 Å². The van der Waals surface area contributed by atoms with E-state index < -0.39 is 47.4 Å². The minimum Gasteiger partial charge on any atom is -0.493 e. The molecule has 2 aromatic rings. The van der Waals surface area contributed by atoms with Gasteiger partial charge in [-0.1, -0.05) is 24.3 Å². The fourth-order valence-electron chi connectivity index (χ4n) is 3.53. The molecule has 0 aliphatic rings. The summed E-state index contributed by atoms with van der Waals surface area (Å²) in [6.45, 7) is 7.57. The molecule has 0 spiro atoms. The van der Waals surface area contributed by atoms with Gasteiger partial charge in [0.2, 0.25) is 0 Å². The van der Waals surface area contributed by atoms with Crippen molar-refractivity contribution < 1.29 is 47.7 Å². The smallest absolute Gasteiger partial charge is 0.308 e. The Morgan fingerprint density at radius 1 is 0.707 bits per heavy atom. The van der Waals surface area contributed by atoms with Gasteiger partial charge in [-0.15, -0.1) is 0 Å². The summed E-state index contributed by atoms with van der Waals surface area (Å²) in [5, 5.41) is 0. The van der Waals surface area contributed by atoms with Gasteiger partial charge in [-0.25, -0.2) is 0 Å². The highest BCUT2D eigenvalue weighted by Gasteiger charge is 2.28. The third-order valence-corrected chi connectivity index (χ3v) is 5.24. The average Bonchev–Trinajstić information content (AvgIpc) is 2.88. The molecule has 0 radical (unpaired) electrons. The number of benzene rings is 2. The first-order chi connectivity index (χ1) is 19.2. The molecule has 0 heterocycles. The number of esters is 3. The molecule has 218 valence electrons. The van der Waals surface area contributed by atoms with E-state index in [0.717, 1.165) is 0 Å². The van der Waals surface area contributed by atoms with E-state index in [0.29, 0.717) is 11.1 Å². The second-order valence-corrected chi connectivity index (χ2v) is 9.82. The molecule has 0 fully saturated rings. The van der Waals surface area contributed by atoms with Crippen LogP contribution in [0.1, 0.15) is 52.2 Å². The molecular weight excluding hydrogens is 532 g/mol. The first-order valence-corrected chi connectivity index (χ1v) is 12.6. The van der Waals surface area contributed by atoms with Crippen LogP contribution in [0.2, 0.25) is 0 Å². The standard InChI is InChI=1S/C31H34O10/c1-19(32)39-26-14-10-21(16-28(26)37-6)8-12-24(34)23(18-30(36)41-31(3,4)5)25(35)13-9-22-11-15-27(40-20(2)33)29(17-22)38-7/h8-17,23H,18H2,1-7H3/b12-8+,13-9+. The quantitative estimate of drug-likeness (QED) is 0.153. The van der Waals surface area contributed by atoms with Gasteiger partial charge in [0.25, 0.3) is 0 Å². The van der Waals surface area contributed by atoms with E-state index in [9.17, 15) is 24.0 Å². The zero-order valence-corrected chi connectivity index (χ0v) is 24.1. The number of hydrogen-bond donors (Lipinski definition) is 0. The lowest BCUT2D eigenvalue weighted by Crippen LogP contribution is -2.29. The van der Waals surface area contributed by atoms with Gasteiger partial charge < -0.3 is 23.7 Å². The molecule has 0 atom stereocenters. The number of carbonyl (C=O) groups excluding carboxylic acids is 5. The van der Waals surface area contributed by atoms with Crippen LogP contribution >= 0.6 is 0 Å². The normalized spacial score (nSPS) is 11.4. The predicted molar refractivity (Wildman–Crippen MR) is 151 cm³/mol. The number of carbonyl (C=O) groups is 5. The Morgan fingerprint density at radius 3 is 1.46 bits per heavy atom. The Hall–Kier alpha value is -4.73. The van der Waals surface area contributed by atoms with Gasteiger partial charge in [0.15, 0.2) is 34.6 Å². The molecule has 0 saturated heterocycles. The maximum Gasteiger partial charge on any atom is 0.308 e. The zero-order valence-electron chi connectivity index (χ0n) is 24.1. The van der Waals surface area contributed by atoms with Crippen LogP contribution in [0, 0.1) is 5.92 Å². The van der Waals surface area contributed by atoms with E-state index in [2.05, 4.69) is 0 Å². The molecule has 0 aromatic heterocycles. The molecule has 0 amide bonds. The molecule has 0 N–H and O–H groups in total. The number of methoxy groups -OCH3 is 2. The molecule has 10 heteroatoms. The van der Waals surface area contributed by atoms with Gasteiger partial charge in [-0.2, -0.15) is 0 Å². The highest BCUT2D eigenvalue weighted by atomic mass is 16.6. The Labute approximate surface area is 238 Å². The lowest BCUT2D eigenvalue weighted by Gasteiger charge is -2.20. The number of ether oxygens (including phenoxy) is 5. The number of allylic oxidation sites excluding steroid dienone is 2. The summed E-state index contributed by atoms with van der Waals surface area (Å²) in [5.74, 6) is -3.34. The minimum atomic E-state index is -1.35. The van der Waals surface area contributed by atoms with Crippen LogP contribution in [0.5, 0.6) is 23.0 Å². The van der Waals surface area contributed by atoms with Crippen molar-refractivity contribution in [2.75, 3.05) is 14.2 Å². The number of hydrogen-bond acceptors (Lipinski definition) is 10. The van der Waals surface area contributed by atoms with Crippen LogP contribution in [0.25, 0.3) is 12.2 Å². The summed E-state index contributed by atoms with van der Waals surface area (Å²) in [6.07, 6.45) is 4.84. The van der Waals surface area contributed by atoms with Gasteiger partial charge in [-0.05, 0) is 68.3 Å². The Bertz CT molecular complexity index is 1270. The Morgan fingerprint density at radius 2 is 1.12 bits per heavy atom. The van der Waals surface area contributed by atoms with E-state index in [1.54, 1.807) is 45.0 Å². The topological polar surface area (TPSA) is 132 Å². The van der Waals surface area contributed by atoms with Crippen LogP contribution in [0.4, 0.5) is 0 Å². The van der Waals surface area contributed by atoms with E-state index in [4.69, 9.17) is 23.7 Å². The lowest BCUT2D eigenvalue weighted by molar-refractivity contribution is -0.158. The van der Waals surface area contributed by atoms with Crippen molar-refractivity contribution in [3.8, 4) is 23.0 Å². The molecule has 41 heavy (non-hydrogen) atoms. The summed E-state index contributed by atoms with van der Waals surface area (Å²) in [5.41, 5.74) is 0.259. The van der Waals surface area contributed by atoms with Crippen LogP contribution < -0.4 is 18.9 Å². The zero-order chi connectivity index (χ0) is 30.7. The van der Waals surface area contributed by atoms with E-state index in [-0.39, 0.29) is 23.0 Å². The average molecular weight is 567 g/mol. The van der Waals surface area contributed by atoms with Gasteiger partial charge in [0.05, 0.1) is 26.6 Å². The molecule has 0 saturated carbocycles. The molecule has 10 nitrogen and oxygen atoms in total. The molecular formula is C31H34O10. The maximum atomic E-state index is 13.2. The molecule has 0 unspecified atom stereocenters. The molecule has 2 aromatic carbocycles. The van der Waals surface area contributed by atoms with Gasteiger partial charge in [0, 0.05) is 13.8 Å². The highest BCUT2D eigenvalue weighted by Crippen LogP contribution is 2.30. The largest absolute Gasteiger partial charge is 0.493 e. The SMILES string of the molecule is COc1cc(/C=C/C(=O)C(CC(=O)OC(C)(C)C)C(=O)/C=C/c2ccc(OC(C)=O)c(OC)c2)ccc1OC(C)=O. The van der Waals surface area contributed by atoms with E-state index in [1.165, 1.54) is 64.5 Å². The minimum absolute atomic E-state index is 0.212. The first kappa shape index (κ1) is 32.5. The van der Waals surface area contributed by atoms with Crippen LogP contribution in [-0.4, -0.2) is 49.3 Å². The molecule has 0 aliphatic carbocycles. The third-order valence-electron chi connectivity index (χ3n) is 5.24. The molecule has 0 aliphatic heterocycles. The van der Waals surface area contributed by atoms with E-state index >= 15 is 0 Å². The second kappa shape index (κ2) is 14.6. The van der Waals surface area contributed by atoms with Crippen molar-refractivity contribution in [1.29, 1.82) is 0 Å². The second-order valence-electron chi connectivity index (χ2n) is 9.82. The number of ketones is 2. The molecule has 0 bridgehead atoms.